The molecule has 2 heterocycles. The van der Waals surface area contributed by atoms with E-state index in [2.05, 4.69) is 27.3 Å². The molecule has 0 atom stereocenters. The normalized spacial score (nSPS) is 14.7. The van der Waals surface area contributed by atoms with Crippen LogP contribution in [0.3, 0.4) is 0 Å². The minimum Gasteiger partial charge on any atom is -0.369 e. The zero-order valence-electron chi connectivity index (χ0n) is 17.7. The van der Waals surface area contributed by atoms with Gasteiger partial charge in [-0.25, -0.2) is 4.39 Å². The molecule has 2 aromatic carbocycles. The summed E-state index contributed by atoms with van der Waals surface area (Å²) < 4.78 is 19.6. The Labute approximate surface area is 185 Å². The lowest BCUT2D eigenvalue weighted by molar-refractivity contribution is 0.102. The number of piperazine rings is 1. The third-order valence-corrected chi connectivity index (χ3v) is 5.90. The highest BCUT2D eigenvalue weighted by Gasteiger charge is 2.25. The van der Waals surface area contributed by atoms with Crippen LogP contribution in [0.1, 0.15) is 21.7 Å². The van der Waals surface area contributed by atoms with Crippen LogP contribution in [0.4, 0.5) is 15.8 Å². The monoisotopic (exact) mass is 442 g/mol. The van der Waals surface area contributed by atoms with Crippen molar-refractivity contribution in [3.63, 3.8) is 0 Å². The first kappa shape index (κ1) is 21.3. The van der Waals surface area contributed by atoms with Gasteiger partial charge < -0.3 is 19.6 Å². The lowest BCUT2D eigenvalue weighted by Gasteiger charge is -2.35. The second-order valence-electron chi connectivity index (χ2n) is 7.80. The zero-order valence-corrected chi connectivity index (χ0v) is 18.5. The Morgan fingerprint density at radius 3 is 2.58 bits per heavy atom. The first-order chi connectivity index (χ1) is 14.8. The van der Waals surface area contributed by atoms with Crippen molar-refractivity contribution in [2.24, 2.45) is 0 Å². The topological polar surface area (TPSA) is 61.6 Å². The zero-order chi connectivity index (χ0) is 22.1. The van der Waals surface area contributed by atoms with E-state index in [-0.39, 0.29) is 27.6 Å². The lowest BCUT2D eigenvalue weighted by atomic mass is 10.0. The van der Waals surface area contributed by atoms with Crippen molar-refractivity contribution in [2.75, 3.05) is 43.4 Å². The van der Waals surface area contributed by atoms with Crippen molar-refractivity contribution in [1.29, 1.82) is 0 Å². The molecule has 8 heteroatoms. The Kier molecular flexibility index (Phi) is 5.98. The summed E-state index contributed by atoms with van der Waals surface area (Å²) >= 11 is 6.17. The summed E-state index contributed by atoms with van der Waals surface area (Å²) in [5.74, 6) is -0.709. The highest BCUT2D eigenvalue weighted by Crippen LogP contribution is 2.34. The van der Waals surface area contributed by atoms with E-state index < -0.39 is 11.7 Å². The number of halogens is 2. The molecule has 6 nitrogen and oxygen atoms in total. The molecule has 0 unspecified atom stereocenters. The maximum atomic E-state index is 14.4. The van der Waals surface area contributed by atoms with Crippen LogP contribution < -0.4 is 10.2 Å². The molecule has 1 amide bonds. The average molecular weight is 443 g/mol. The molecule has 31 heavy (non-hydrogen) atoms. The Balaban J connectivity index is 1.58. The summed E-state index contributed by atoms with van der Waals surface area (Å²) in [6, 6.07) is 10.1. The molecule has 0 bridgehead atoms. The minimum absolute atomic E-state index is 0.0489. The van der Waals surface area contributed by atoms with Gasteiger partial charge in [0.1, 0.15) is 22.8 Å². The number of anilines is 2. The number of nitrogens with zero attached hydrogens (tertiary/aromatic N) is 3. The number of hydrogen-bond donors (Lipinski definition) is 1. The minimum atomic E-state index is -0.567. The summed E-state index contributed by atoms with van der Waals surface area (Å²) in [6.45, 7) is 7.62. The molecule has 162 valence electrons. The van der Waals surface area contributed by atoms with E-state index in [1.54, 1.807) is 13.0 Å². The Morgan fingerprint density at radius 2 is 1.90 bits per heavy atom. The molecular formula is C23H24ClFN4O2. The molecule has 1 aliphatic heterocycles. The van der Waals surface area contributed by atoms with Crippen molar-refractivity contribution in [3.8, 4) is 11.3 Å². The van der Waals surface area contributed by atoms with E-state index in [0.717, 1.165) is 37.4 Å². The second-order valence-corrected chi connectivity index (χ2v) is 8.21. The van der Waals surface area contributed by atoms with Crippen LogP contribution >= 0.6 is 11.6 Å². The second kappa shape index (κ2) is 8.69. The van der Waals surface area contributed by atoms with Gasteiger partial charge in [-0.3, -0.25) is 4.79 Å². The van der Waals surface area contributed by atoms with Gasteiger partial charge in [-0.15, -0.1) is 0 Å². The number of carbonyl (C=O) groups excluding carboxylic acids is 1. The van der Waals surface area contributed by atoms with Gasteiger partial charge in [-0.1, -0.05) is 22.8 Å². The number of aryl methyl sites for hydroxylation is 2. The number of rotatable bonds is 4. The van der Waals surface area contributed by atoms with Gasteiger partial charge in [0, 0.05) is 37.6 Å². The molecule has 1 aliphatic rings. The molecule has 1 N–H and O–H groups in total. The fourth-order valence-electron chi connectivity index (χ4n) is 3.86. The van der Waals surface area contributed by atoms with Crippen molar-refractivity contribution in [1.82, 2.24) is 10.1 Å². The molecule has 0 spiro atoms. The first-order valence-corrected chi connectivity index (χ1v) is 10.5. The number of amides is 1. The summed E-state index contributed by atoms with van der Waals surface area (Å²) in [6.07, 6.45) is 0. The predicted molar refractivity (Wildman–Crippen MR) is 120 cm³/mol. The van der Waals surface area contributed by atoms with E-state index in [1.165, 1.54) is 12.1 Å². The Morgan fingerprint density at radius 1 is 1.16 bits per heavy atom. The van der Waals surface area contributed by atoms with E-state index in [1.807, 2.05) is 25.1 Å². The third kappa shape index (κ3) is 4.29. The lowest BCUT2D eigenvalue weighted by Crippen LogP contribution is -2.44. The van der Waals surface area contributed by atoms with E-state index in [9.17, 15) is 9.18 Å². The Bertz CT molecular complexity index is 1100. The number of benzene rings is 2. The quantitative estimate of drug-likeness (QED) is 0.631. The van der Waals surface area contributed by atoms with Gasteiger partial charge in [0.15, 0.2) is 0 Å². The molecule has 0 saturated carbocycles. The summed E-state index contributed by atoms with van der Waals surface area (Å²) in [7, 11) is 2.12. The maximum absolute atomic E-state index is 14.4. The first-order valence-electron chi connectivity index (χ1n) is 10.1. The van der Waals surface area contributed by atoms with Crippen molar-refractivity contribution in [2.45, 2.75) is 13.8 Å². The van der Waals surface area contributed by atoms with E-state index >= 15 is 0 Å². The largest absolute Gasteiger partial charge is 0.369 e. The van der Waals surface area contributed by atoms with Gasteiger partial charge >= 0.3 is 0 Å². The molecule has 0 radical (unpaired) electrons. The SMILES string of the molecule is Cc1cc(NC(=O)c2c(-c3c(F)cccc3Cl)noc2C)ccc1N1CCN(C)CC1. The van der Waals surface area contributed by atoms with E-state index in [4.69, 9.17) is 16.1 Å². The van der Waals surface area contributed by atoms with Crippen molar-refractivity contribution in [3.05, 3.63) is 64.1 Å². The van der Waals surface area contributed by atoms with Crippen LogP contribution in [0.2, 0.25) is 5.02 Å². The van der Waals surface area contributed by atoms with E-state index in [0.29, 0.717) is 5.69 Å². The van der Waals surface area contributed by atoms with Crippen LogP contribution in [0.5, 0.6) is 0 Å². The maximum Gasteiger partial charge on any atom is 0.261 e. The third-order valence-electron chi connectivity index (χ3n) is 5.59. The molecule has 4 rings (SSSR count). The summed E-state index contributed by atoms with van der Waals surface area (Å²) in [5, 5.41) is 6.94. The molecule has 3 aromatic rings. The Hall–Kier alpha value is -2.90. The molecule has 1 aromatic heterocycles. The highest BCUT2D eigenvalue weighted by atomic mass is 35.5. The standard InChI is InChI=1S/C23H24ClFN4O2/c1-14-13-16(7-8-19(14)29-11-9-28(3)10-12-29)26-23(30)20-15(2)31-27-22(20)21-17(24)5-4-6-18(21)25/h4-8,13H,9-12H2,1-3H3,(H,26,30). The molecule has 1 saturated heterocycles. The predicted octanol–water partition coefficient (Wildman–Crippen LogP) is 4.76. The number of aromatic nitrogens is 1. The molecular weight excluding hydrogens is 419 g/mol. The molecule has 0 aliphatic carbocycles. The average Bonchev–Trinajstić information content (AvgIpc) is 3.10. The van der Waals surface area contributed by atoms with Gasteiger partial charge in [-0.2, -0.15) is 0 Å². The number of nitrogens with one attached hydrogen (secondary N) is 1. The van der Waals surface area contributed by atoms with Crippen LogP contribution in [-0.4, -0.2) is 49.2 Å². The molecule has 1 fully saturated rings. The van der Waals surface area contributed by atoms with Crippen molar-refractivity contribution >= 4 is 28.9 Å². The number of carbonyl (C=O) groups is 1. The summed E-state index contributed by atoms with van der Waals surface area (Å²) in [5.41, 5.74) is 3.17. The van der Waals surface area contributed by atoms with Gasteiger partial charge in [0.2, 0.25) is 0 Å². The van der Waals surface area contributed by atoms with Gasteiger partial charge in [-0.05, 0) is 56.8 Å². The fourth-order valence-corrected chi connectivity index (χ4v) is 4.12. The summed E-state index contributed by atoms with van der Waals surface area (Å²) in [4.78, 5) is 17.7. The van der Waals surface area contributed by atoms with Gasteiger partial charge in [0.25, 0.3) is 5.91 Å². The van der Waals surface area contributed by atoms with Crippen LogP contribution in [-0.2, 0) is 0 Å². The van der Waals surface area contributed by atoms with Gasteiger partial charge in [0.05, 0.1) is 10.6 Å². The van der Waals surface area contributed by atoms with Crippen LogP contribution in [0.15, 0.2) is 40.9 Å². The number of hydrogen-bond acceptors (Lipinski definition) is 5. The number of likely N-dealkylation sites (N-methyl/N-ethyl adjacent to an activating group) is 1. The van der Waals surface area contributed by atoms with Crippen LogP contribution in [0.25, 0.3) is 11.3 Å². The smallest absolute Gasteiger partial charge is 0.261 e. The van der Waals surface area contributed by atoms with Crippen LogP contribution in [0, 0.1) is 19.7 Å². The van der Waals surface area contributed by atoms with Crippen molar-refractivity contribution < 1.29 is 13.7 Å². The highest BCUT2D eigenvalue weighted by molar-refractivity contribution is 6.33. The fraction of sp³-hybridized carbons (Fsp3) is 0.304.